The summed E-state index contributed by atoms with van der Waals surface area (Å²) < 4.78 is 25.9. The van der Waals surface area contributed by atoms with Crippen molar-refractivity contribution in [3.63, 3.8) is 0 Å². The van der Waals surface area contributed by atoms with Crippen molar-refractivity contribution in [3.8, 4) is 0 Å². The largest absolute Gasteiger partial charge is 0.366 e. The molecule has 5 nitrogen and oxygen atoms in total. The van der Waals surface area contributed by atoms with Gasteiger partial charge in [0.25, 0.3) is 0 Å². The van der Waals surface area contributed by atoms with E-state index in [1.165, 1.54) is 16.8 Å². The average Bonchev–Trinajstić information content (AvgIpc) is 2.55. The van der Waals surface area contributed by atoms with E-state index in [0.717, 1.165) is 16.7 Å². The third kappa shape index (κ3) is 4.78. The van der Waals surface area contributed by atoms with Crippen LogP contribution in [0.25, 0.3) is 6.08 Å². The Balaban J connectivity index is 2.08. The van der Waals surface area contributed by atoms with Crippen LogP contribution in [0.4, 0.5) is 0 Å². The highest BCUT2D eigenvalue weighted by Gasteiger charge is 2.14. The smallest absolute Gasteiger partial charge is 0.248 e. The van der Waals surface area contributed by atoms with Crippen LogP contribution < -0.4 is 5.73 Å². The quantitative estimate of drug-likeness (QED) is 0.874. The van der Waals surface area contributed by atoms with E-state index in [0.29, 0.717) is 5.56 Å². The summed E-state index contributed by atoms with van der Waals surface area (Å²) in [5.41, 5.74) is 8.29. The third-order valence-electron chi connectivity index (χ3n) is 3.59. The minimum Gasteiger partial charge on any atom is -0.366 e. The van der Waals surface area contributed by atoms with Gasteiger partial charge in [-0.3, -0.25) is 4.79 Å². The molecule has 126 valence electrons. The molecule has 0 bridgehead atoms. The van der Waals surface area contributed by atoms with Gasteiger partial charge in [0.05, 0.1) is 0 Å². The van der Waals surface area contributed by atoms with Gasteiger partial charge in [0.15, 0.2) is 0 Å². The van der Waals surface area contributed by atoms with Gasteiger partial charge in [-0.25, -0.2) is 8.42 Å². The Hall–Kier alpha value is -2.44. The lowest BCUT2D eigenvalue weighted by molar-refractivity contribution is 0.1000. The van der Waals surface area contributed by atoms with Crippen LogP contribution >= 0.6 is 0 Å². The van der Waals surface area contributed by atoms with Crippen molar-refractivity contribution in [1.29, 1.82) is 0 Å². The molecule has 2 aromatic carbocycles. The lowest BCUT2D eigenvalue weighted by Crippen LogP contribution is -2.24. The molecule has 0 saturated carbocycles. The maximum Gasteiger partial charge on any atom is 0.248 e. The molecule has 24 heavy (non-hydrogen) atoms. The molecular formula is C18H20N2O3S. The number of benzene rings is 2. The number of rotatable bonds is 6. The third-order valence-corrected chi connectivity index (χ3v) is 5.07. The molecule has 0 atom stereocenters. The SMILES string of the molecule is Cc1ccc(C=CS(=O)(=O)N(C)Cc2ccc(C(N)=O)cc2)cc1. The Kier molecular flexibility index (Phi) is 5.54. The second-order valence-electron chi connectivity index (χ2n) is 5.58. The summed E-state index contributed by atoms with van der Waals surface area (Å²) in [5.74, 6) is -0.511. The number of hydrogen-bond acceptors (Lipinski definition) is 3. The molecule has 0 heterocycles. The van der Waals surface area contributed by atoms with Gasteiger partial charge in [0.1, 0.15) is 0 Å². The Morgan fingerprint density at radius 1 is 1.08 bits per heavy atom. The van der Waals surface area contributed by atoms with Gasteiger partial charge in [-0.2, -0.15) is 4.31 Å². The van der Waals surface area contributed by atoms with Gasteiger partial charge in [0.2, 0.25) is 15.9 Å². The second kappa shape index (κ2) is 7.42. The normalized spacial score (nSPS) is 12.0. The zero-order valence-corrected chi connectivity index (χ0v) is 14.5. The first-order valence-electron chi connectivity index (χ1n) is 7.38. The van der Waals surface area contributed by atoms with Crippen molar-refractivity contribution in [1.82, 2.24) is 4.31 Å². The van der Waals surface area contributed by atoms with Crippen molar-refractivity contribution < 1.29 is 13.2 Å². The highest BCUT2D eigenvalue weighted by Crippen LogP contribution is 2.12. The van der Waals surface area contributed by atoms with Crippen molar-refractivity contribution in [2.24, 2.45) is 5.73 Å². The first-order chi connectivity index (χ1) is 11.3. The second-order valence-corrected chi connectivity index (χ2v) is 7.50. The number of nitrogens with two attached hydrogens (primary N) is 1. The average molecular weight is 344 g/mol. The fourth-order valence-electron chi connectivity index (χ4n) is 2.07. The van der Waals surface area contributed by atoms with E-state index in [9.17, 15) is 13.2 Å². The molecule has 0 aromatic heterocycles. The van der Waals surface area contributed by atoms with Crippen LogP contribution in [-0.4, -0.2) is 25.7 Å². The van der Waals surface area contributed by atoms with E-state index in [2.05, 4.69) is 0 Å². The number of nitrogens with zero attached hydrogens (tertiary/aromatic N) is 1. The van der Waals surface area contributed by atoms with E-state index >= 15 is 0 Å². The molecule has 2 aromatic rings. The molecule has 0 radical (unpaired) electrons. The standard InChI is InChI=1S/C18H20N2O3S/c1-14-3-5-15(6-4-14)11-12-24(22,23)20(2)13-16-7-9-17(10-8-16)18(19)21/h3-12H,13H2,1-2H3,(H2,19,21). The molecule has 1 amide bonds. The summed E-state index contributed by atoms with van der Waals surface area (Å²) in [4.78, 5) is 11.0. The number of carbonyl (C=O) groups is 1. The van der Waals surface area contributed by atoms with Crippen LogP contribution in [-0.2, 0) is 16.6 Å². The minimum atomic E-state index is -3.53. The van der Waals surface area contributed by atoms with Crippen molar-refractivity contribution in [2.75, 3.05) is 7.05 Å². The van der Waals surface area contributed by atoms with Crippen LogP contribution in [0.15, 0.2) is 53.9 Å². The van der Waals surface area contributed by atoms with E-state index in [4.69, 9.17) is 5.73 Å². The number of carbonyl (C=O) groups excluding carboxylic acids is 1. The summed E-state index contributed by atoms with van der Waals surface area (Å²) >= 11 is 0. The van der Waals surface area contributed by atoms with Crippen LogP contribution in [0.2, 0.25) is 0 Å². The molecule has 0 saturated heterocycles. The van der Waals surface area contributed by atoms with Gasteiger partial charge < -0.3 is 5.73 Å². The van der Waals surface area contributed by atoms with Crippen LogP contribution in [0, 0.1) is 6.92 Å². The Bertz CT molecular complexity index is 839. The summed E-state index contributed by atoms with van der Waals surface area (Å²) in [6, 6.07) is 14.1. The molecule has 0 fully saturated rings. The highest BCUT2D eigenvalue weighted by atomic mass is 32.2. The number of aryl methyl sites for hydroxylation is 1. The summed E-state index contributed by atoms with van der Waals surface area (Å²) in [6.07, 6.45) is 1.57. The van der Waals surface area contributed by atoms with Gasteiger partial charge in [0, 0.05) is 24.6 Å². The summed E-state index contributed by atoms with van der Waals surface area (Å²) in [6.45, 7) is 2.18. The topological polar surface area (TPSA) is 80.5 Å². The summed E-state index contributed by atoms with van der Waals surface area (Å²) in [5, 5.41) is 1.19. The van der Waals surface area contributed by atoms with E-state index in [1.54, 1.807) is 30.3 Å². The minimum absolute atomic E-state index is 0.208. The molecule has 0 aliphatic heterocycles. The molecule has 0 spiro atoms. The van der Waals surface area contributed by atoms with Crippen molar-refractivity contribution >= 4 is 22.0 Å². The van der Waals surface area contributed by atoms with E-state index in [-0.39, 0.29) is 6.54 Å². The Labute approximate surface area is 142 Å². The lowest BCUT2D eigenvalue weighted by Gasteiger charge is -2.14. The predicted molar refractivity (Wildman–Crippen MR) is 95.6 cm³/mol. The fourth-order valence-corrected chi connectivity index (χ4v) is 2.93. The van der Waals surface area contributed by atoms with Gasteiger partial charge in [-0.1, -0.05) is 42.0 Å². The van der Waals surface area contributed by atoms with Gasteiger partial charge >= 0.3 is 0 Å². The van der Waals surface area contributed by atoms with Crippen LogP contribution in [0.3, 0.4) is 0 Å². The Morgan fingerprint density at radius 2 is 1.67 bits per heavy atom. The molecule has 2 N–H and O–H groups in total. The number of primary amides is 1. The first kappa shape index (κ1) is 17.9. The van der Waals surface area contributed by atoms with E-state index in [1.807, 2.05) is 31.2 Å². The highest BCUT2D eigenvalue weighted by molar-refractivity contribution is 7.92. The number of hydrogen-bond donors (Lipinski definition) is 1. The molecule has 0 aliphatic rings. The van der Waals surface area contributed by atoms with Crippen LogP contribution in [0.5, 0.6) is 0 Å². The lowest BCUT2D eigenvalue weighted by atomic mass is 10.1. The number of sulfonamides is 1. The number of amides is 1. The first-order valence-corrected chi connectivity index (χ1v) is 8.88. The van der Waals surface area contributed by atoms with Crippen molar-refractivity contribution in [2.45, 2.75) is 13.5 Å². The monoisotopic (exact) mass is 344 g/mol. The zero-order chi connectivity index (χ0) is 17.7. The summed E-state index contributed by atoms with van der Waals surface area (Å²) in [7, 11) is -2.02. The zero-order valence-electron chi connectivity index (χ0n) is 13.6. The molecule has 0 unspecified atom stereocenters. The maximum atomic E-state index is 12.3. The van der Waals surface area contributed by atoms with Crippen LogP contribution in [0.1, 0.15) is 27.0 Å². The Morgan fingerprint density at radius 3 is 2.21 bits per heavy atom. The fraction of sp³-hybridized carbons (Fsp3) is 0.167. The predicted octanol–water partition coefficient (Wildman–Crippen LogP) is 2.53. The van der Waals surface area contributed by atoms with Gasteiger partial charge in [-0.15, -0.1) is 0 Å². The van der Waals surface area contributed by atoms with Gasteiger partial charge in [-0.05, 0) is 36.3 Å². The molecule has 6 heteroatoms. The van der Waals surface area contributed by atoms with Crippen molar-refractivity contribution in [3.05, 3.63) is 76.2 Å². The molecular weight excluding hydrogens is 324 g/mol. The maximum absolute atomic E-state index is 12.3. The molecule has 2 rings (SSSR count). The molecule has 0 aliphatic carbocycles. The van der Waals surface area contributed by atoms with E-state index < -0.39 is 15.9 Å².